The van der Waals surface area contributed by atoms with Crippen molar-refractivity contribution in [3.05, 3.63) is 263 Å². The van der Waals surface area contributed by atoms with Gasteiger partial charge in [-0.1, -0.05) is 185 Å². The van der Waals surface area contributed by atoms with Crippen LogP contribution in [0.3, 0.4) is 0 Å². The average molecular weight is 949 g/mol. The smallest absolute Gasteiger partial charge is 0.0493 e. The summed E-state index contributed by atoms with van der Waals surface area (Å²) in [5.74, 6) is 0. The van der Waals surface area contributed by atoms with Crippen molar-refractivity contribution in [3.63, 3.8) is 0 Å². The first kappa shape index (κ1) is 43.2. The zero-order valence-corrected chi connectivity index (χ0v) is 42.5. The number of rotatable bonds is 4. The highest BCUT2D eigenvalue weighted by atomic mass is 15.2. The average Bonchev–Trinajstić information content (AvgIpc) is 3.67. The van der Waals surface area contributed by atoms with Gasteiger partial charge in [-0.2, -0.15) is 0 Å². The van der Waals surface area contributed by atoms with E-state index >= 15 is 0 Å². The summed E-state index contributed by atoms with van der Waals surface area (Å²) in [6.07, 6.45) is 3.98. The second kappa shape index (κ2) is 16.0. The van der Waals surface area contributed by atoms with Crippen molar-refractivity contribution in [2.45, 2.75) is 64.2 Å². The van der Waals surface area contributed by atoms with Crippen LogP contribution in [0.4, 0.5) is 34.1 Å². The number of hydrogen-bond acceptors (Lipinski definition) is 2. The van der Waals surface area contributed by atoms with Crippen LogP contribution < -0.4 is 9.80 Å². The van der Waals surface area contributed by atoms with Gasteiger partial charge in [0.15, 0.2) is 0 Å². The van der Waals surface area contributed by atoms with Crippen molar-refractivity contribution in [3.8, 4) is 44.5 Å². The molecule has 74 heavy (non-hydrogen) atoms. The van der Waals surface area contributed by atoms with Gasteiger partial charge in [-0.3, -0.25) is 0 Å². The third-order valence-electron chi connectivity index (χ3n) is 17.6. The molecule has 2 heterocycles. The molecule has 0 bridgehead atoms. The molecule has 2 aliphatic carbocycles. The van der Waals surface area contributed by atoms with Gasteiger partial charge in [0.1, 0.15) is 0 Å². The first-order chi connectivity index (χ1) is 36.2. The zero-order chi connectivity index (χ0) is 49.5. The van der Waals surface area contributed by atoms with E-state index in [1.165, 1.54) is 133 Å². The SMILES string of the molecule is CC1(C)c2ccccc2-c2ccc(-c3c4ccc(N5c6ccccc6CCc6ccccc65)cc4c(-c4ccc5c(c4)C(C)(C)c4ccccc4-5)c4cc(N5c6ccccc6CCc6ccccc65)ccc34)cc21. The maximum absolute atomic E-state index is 2.55. The monoisotopic (exact) mass is 948 g/mol. The first-order valence-corrected chi connectivity index (χ1v) is 26.7. The minimum Gasteiger partial charge on any atom is -0.310 e. The van der Waals surface area contributed by atoms with E-state index in [1.54, 1.807) is 0 Å². The molecule has 0 aromatic heterocycles. The Kier molecular flexibility index (Phi) is 9.34. The van der Waals surface area contributed by atoms with Crippen LogP contribution in [-0.4, -0.2) is 0 Å². The molecule has 2 heteroatoms. The van der Waals surface area contributed by atoms with Crippen LogP contribution in [0, 0.1) is 0 Å². The molecule has 0 unspecified atom stereocenters. The van der Waals surface area contributed by atoms with Crippen molar-refractivity contribution in [2.24, 2.45) is 0 Å². The lowest BCUT2D eigenvalue weighted by molar-refractivity contribution is 0.660. The van der Waals surface area contributed by atoms with Crippen molar-refractivity contribution in [1.82, 2.24) is 0 Å². The van der Waals surface area contributed by atoms with Gasteiger partial charge in [0.25, 0.3) is 0 Å². The Morgan fingerprint density at radius 1 is 0.284 bits per heavy atom. The van der Waals surface area contributed by atoms with E-state index in [9.17, 15) is 0 Å². The number of para-hydroxylation sites is 4. The molecular weight excluding hydrogens is 893 g/mol. The summed E-state index contributed by atoms with van der Waals surface area (Å²) >= 11 is 0. The van der Waals surface area contributed by atoms with Gasteiger partial charge in [-0.15, -0.1) is 0 Å². The second-order valence-corrected chi connectivity index (χ2v) is 22.3. The minimum absolute atomic E-state index is 0.149. The molecule has 0 fully saturated rings. The van der Waals surface area contributed by atoms with Crippen LogP contribution >= 0.6 is 0 Å². The molecule has 11 aromatic rings. The van der Waals surface area contributed by atoms with Gasteiger partial charge in [0.2, 0.25) is 0 Å². The lowest BCUT2D eigenvalue weighted by Crippen LogP contribution is -2.15. The Morgan fingerprint density at radius 3 is 1.00 bits per heavy atom. The van der Waals surface area contributed by atoms with Crippen molar-refractivity contribution in [2.75, 3.05) is 9.80 Å². The summed E-state index contributed by atoms with van der Waals surface area (Å²) in [5, 5.41) is 4.99. The van der Waals surface area contributed by atoms with Crippen LogP contribution in [0.25, 0.3) is 66.1 Å². The summed E-state index contributed by atoms with van der Waals surface area (Å²) in [7, 11) is 0. The Hall–Kier alpha value is -8.46. The number of benzene rings is 11. The maximum Gasteiger partial charge on any atom is 0.0493 e. The van der Waals surface area contributed by atoms with Gasteiger partial charge in [0.05, 0.1) is 0 Å². The molecule has 15 rings (SSSR count). The molecule has 2 nitrogen and oxygen atoms in total. The van der Waals surface area contributed by atoms with E-state index in [1.807, 2.05) is 0 Å². The molecule has 0 radical (unpaired) electrons. The molecule has 11 aromatic carbocycles. The summed E-state index contributed by atoms with van der Waals surface area (Å²) in [6.45, 7) is 9.63. The standard InChI is InChI=1S/C72H56N2/c1-71(2)61-23-11-9-21-53(61)55-37-33-49(41-63(55)71)69-57-39-35-51(73-65-25-13-5-17-45(65)29-30-46-18-6-14-26-66(46)73)43-59(57)70(50-34-38-56-54-22-10-12-24-62(54)72(3,4)64(56)42-50)60-44-52(36-40-58(60)69)74-67-27-15-7-19-47(67)31-32-48-20-8-16-28-68(48)74/h5-28,33-44H,29-32H2,1-4H3. The lowest BCUT2D eigenvalue weighted by Gasteiger charge is -2.29. The Morgan fingerprint density at radius 2 is 0.608 bits per heavy atom. The Bertz CT molecular complexity index is 3910. The summed E-state index contributed by atoms with van der Waals surface area (Å²) in [4.78, 5) is 5.09. The number of fused-ring (bicyclic) bond motifs is 12. The van der Waals surface area contributed by atoms with Crippen molar-refractivity contribution < 1.29 is 0 Å². The quantitative estimate of drug-likeness (QED) is 0.162. The van der Waals surface area contributed by atoms with Gasteiger partial charge in [-0.25, -0.2) is 0 Å². The Balaban J connectivity index is 1.07. The van der Waals surface area contributed by atoms with E-state index in [4.69, 9.17) is 0 Å². The van der Waals surface area contributed by atoms with Crippen molar-refractivity contribution in [1.29, 1.82) is 0 Å². The van der Waals surface area contributed by atoms with Crippen LogP contribution in [0.1, 0.15) is 72.2 Å². The van der Waals surface area contributed by atoms with Crippen LogP contribution in [0.15, 0.2) is 218 Å². The molecule has 354 valence electrons. The molecule has 2 aliphatic heterocycles. The highest BCUT2D eigenvalue weighted by molar-refractivity contribution is 6.23. The fourth-order valence-electron chi connectivity index (χ4n) is 13.9. The third kappa shape index (κ3) is 6.24. The largest absolute Gasteiger partial charge is 0.310 e. The van der Waals surface area contributed by atoms with Gasteiger partial charge >= 0.3 is 0 Å². The van der Waals surface area contributed by atoms with E-state index in [2.05, 4.69) is 256 Å². The Labute approximate surface area is 434 Å². The fourth-order valence-corrected chi connectivity index (χ4v) is 13.9. The topological polar surface area (TPSA) is 6.48 Å². The van der Waals surface area contributed by atoms with E-state index < -0.39 is 0 Å². The molecule has 0 atom stereocenters. The van der Waals surface area contributed by atoms with E-state index in [0.29, 0.717) is 0 Å². The van der Waals surface area contributed by atoms with Crippen LogP contribution in [0.2, 0.25) is 0 Å². The number of hydrogen-bond donors (Lipinski definition) is 0. The van der Waals surface area contributed by atoms with Crippen LogP contribution in [0.5, 0.6) is 0 Å². The van der Waals surface area contributed by atoms with Gasteiger partial charge < -0.3 is 9.80 Å². The highest BCUT2D eigenvalue weighted by Crippen LogP contribution is 2.55. The lowest BCUT2D eigenvalue weighted by atomic mass is 9.79. The first-order valence-electron chi connectivity index (χ1n) is 26.7. The third-order valence-corrected chi connectivity index (χ3v) is 17.6. The predicted molar refractivity (Wildman–Crippen MR) is 312 cm³/mol. The normalized spacial score (nSPS) is 15.2. The predicted octanol–water partition coefficient (Wildman–Crippen LogP) is 19.1. The molecule has 0 saturated carbocycles. The molecule has 0 amide bonds. The molecule has 0 spiro atoms. The number of anilines is 6. The zero-order valence-electron chi connectivity index (χ0n) is 42.5. The highest BCUT2D eigenvalue weighted by Gasteiger charge is 2.38. The fraction of sp³-hybridized carbons (Fsp3) is 0.139. The molecule has 0 saturated heterocycles. The van der Waals surface area contributed by atoms with Gasteiger partial charge in [0, 0.05) is 45.0 Å². The maximum atomic E-state index is 2.55. The number of nitrogens with zero attached hydrogens (tertiary/aromatic N) is 2. The molecular formula is C72H56N2. The number of aryl methyl sites for hydroxylation is 4. The molecule has 0 N–H and O–H groups in total. The van der Waals surface area contributed by atoms with Crippen LogP contribution in [-0.2, 0) is 36.5 Å². The summed E-state index contributed by atoms with van der Waals surface area (Å²) < 4.78 is 0. The summed E-state index contributed by atoms with van der Waals surface area (Å²) in [5.41, 5.74) is 28.4. The van der Waals surface area contributed by atoms with Crippen molar-refractivity contribution >= 4 is 55.7 Å². The van der Waals surface area contributed by atoms with E-state index in [0.717, 1.165) is 37.1 Å². The van der Waals surface area contributed by atoms with E-state index in [-0.39, 0.29) is 10.8 Å². The minimum atomic E-state index is -0.169. The van der Waals surface area contributed by atoms with Gasteiger partial charge in [-0.05, 0) is 197 Å². The second-order valence-electron chi connectivity index (χ2n) is 22.3. The summed E-state index contributed by atoms with van der Waals surface area (Å²) in [6, 6.07) is 83.8. The molecule has 4 aliphatic rings.